The van der Waals surface area contributed by atoms with Crippen molar-refractivity contribution >= 4 is 11.8 Å². The maximum Gasteiger partial charge on any atom is 0.140 e. The van der Waals surface area contributed by atoms with Gasteiger partial charge in [0.15, 0.2) is 0 Å². The normalized spacial score (nSPS) is 10.7. The zero-order valence-corrected chi connectivity index (χ0v) is 10.1. The average molecular weight is 269 g/mol. The van der Waals surface area contributed by atoms with Crippen LogP contribution in [0.2, 0.25) is 0 Å². The van der Waals surface area contributed by atoms with Gasteiger partial charge in [-0.05, 0) is 29.8 Å². The highest BCUT2D eigenvalue weighted by Crippen LogP contribution is 2.32. The molecule has 0 atom stereocenters. The van der Waals surface area contributed by atoms with Gasteiger partial charge in [0.05, 0.1) is 0 Å². The average Bonchev–Trinajstić information content (AvgIpc) is 2.34. The highest BCUT2D eigenvalue weighted by atomic mass is 32.2. The van der Waals surface area contributed by atoms with Crippen LogP contribution in [0.25, 0.3) is 0 Å². The predicted octanol–water partition coefficient (Wildman–Crippen LogP) is 3.71. The minimum absolute atomic E-state index is 0.177. The van der Waals surface area contributed by atoms with Gasteiger partial charge in [0.1, 0.15) is 17.5 Å². The van der Waals surface area contributed by atoms with Crippen LogP contribution in [0.15, 0.2) is 46.2 Å². The SMILES string of the molecule is NCc1ccc(Sc2ccc(F)cc2F)c(F)c1. The maximum absolute atomic E-state index is 13.7. The summed E-state index contributed by atoms with van der Waals surface area (Å²) in [6, 6.07) is 7.71. The molecule has 0 unspecified atom stereocenters. The minimum atomic E-state index is -0.706. The summed E-state index contributed by atoms with van der Waals surface area (Å²) < 4.78 is 39.8. The summed E-state index contributed by atoms with van der Waals surface area (Å²) in [6.07, 6.45) is 0. The molecule has 18 heavy (non-hydrogen) atoms. The maximum atomic E-state index is 13.7. The van der Waals surface area contributed by atoms with Crippen molar-refractivity contribution in [2.45, 2.75) is 16.3 Å². The number of hydrogen-bond donors (Lipinski definition) is 1. The Kier molecular flexibility index (Phi) is 3.93. The van der Waals surface area contributed by atoms with Gasteiger partial charge < -0.3 is 5.73 Å². The number of benzene rings is 2. The van der Waals surface area contributed by atoms with E-state index in [1.165, 1.54) is 18.2 Å². The zero-order valence-electron chi connectivity index (χ0n) is 9.29. The Morgan fingerprint density at radius 1 is 0.889 bits per heavy atom. The van der Waals surface area contributed by atoms with Crippen LogP contribution in [0.4, 0.5) is 13.2 Å². The molecule has 0 aromatic heterocycles. The standard InChI is InChI=1S/C13H10F3NS/c14-9-2-4-13(11(16)6-9)18-12-3-1-8(7-17)5-10(12)15/h1-6H,7,17H2. The Morgan fingerprint density at radius 2 is 1.50 bits per heavy atom. The summed E-state index contributed by atoms with van der Waals surface area (Å²) in [5.74, 6) is -1.83. The molecule has 0 heterocycles. The van der Waals surface area contributed by atoms with Gasteiger partial charge in [-0.1, -0.05) is 17.8 Å². The van der Waals surface area contributed by atoms with E-state index in [2.05, 4.69) is 0 Å². The van der Waals surface area contributed by atoms with Gasteiger partial charge in [-0.25, -0.2) is 13.2 Å². The van der Waals surface area contributed by atoms with Gasteiger partial charge in [0, 0.05) is 22.4 Å². The van der Waals surface area contributed by atoms with E-state index in [4.69, 9.17) is 5.73 Å². The van der Waals surface area contributed by atoms with Crippen molar-refractivity contribution in [1.29, 1.82) is 0 Å². The molecule has 0 aliphatic heterocycles. The molecule has 5 heteroatoms. The summed E-state index contributed by atoms with van der Waals surface area (Å²) in [5, 5.41) is 0. The molecule has 0 amide bonds. The molecule has 0 spiro atoms. The van der Waals surface area contributed by atoms with Gasteiger partial charge in [-0.2, -0.15) is 0 Å². The second kappa shape index (κ2) is 5.46. The Balaban J connectivity index is 2.28. The molecule has 0 aliphatic carbocycles. The predicted molar refractivity (Wildman–Crippen MR) is 64.8 cm³/mol. The van der Waals surface area contributed by atoms with Crippen LogP contribution < -0.4 is 5.73 Å². The van der Waals surface area contributed by atoms with Gasteiger partial charge in [0.25, 0.3) is 0 Å². The molecule has 1 nitrogen and oxygen atoms in total. The smallest absolute Gasteiger partial charge is 0.140 e. The Morgan fingerprint density at radius 3 is 2.06 bits per heavy atom. The van der Waals surface area contributed by atoms with E-state index in [1.54, 1.807) is 6.07 Å². The summed E-state index contributed by atoms with van der Waals surface area (Å²) in [5.41, 5.74) is 6.05. The topological polar surface area (TPSA) is 26.0 Å². The van der Waals surface area contributed by atoms with Gasteiger partial charge in [-0.15, -0.1) is 0 Å². The molecule has 0 aliphatic rings. The number of hydrogen-bond acceptors (Lipinski definition) is 2. The molecule has 0 bridgehead atoms. The lowest BCUT2D eigenvalue weighted by Gasteiger charge is -2.06. The lowest BCUT2D eigenvalue weighted by molar-refractivity contribution is 0.565. The van der Waals surface area contributed by atoms with E-state index < -0.39 is 17.5 Å². The fourth-order valence-corrected chi connectivity index (χ4v) is 2.25. The third-order valence-corrected chi connectivity index (χ3v) is 3.45. The Bertz CT molecular complexity index is 572. The monoisotopic (exact) mass is 269 g/mol. The van der Waals surface area contributed by atoms with E-state index in [-0.39, 0.29) is 16.3 Å². The van der Waals surface area contributed by atoms with Crippen molar-refractivity contribution in [3.8, 4) is 0 Å². The van der Waals surface area contributed by atoms with E-state index in [0.717, 1.165) is 23.9 Å². The van der Waals surface area contributed by atoms with Crippen molar-refractivity contribution in [3.05, 3.63) is 59.4 Å². The number of nitrogens with two attached hydrogens (primary N) is 1. The second-order valence-electron chi connectivity index (χ2n) is 3.65. The molecule has 2 aromatic carbocycles. The van der Waals surface area contributed by atoms with Crippen molar-refractivity contribution < 1.29 is 13.2 Å². The first-order valence-corrected chi connectivity index (χ1v) is 6.03. The molecule has 0 saturated carbocycles. The van der Waals surface area contributed by atoms with E-state index in [0.29, 0.717) is 5.56 Å². The third-order valence-electron chi connectivity index (χ3n) is 2.35. The molecule has 0 fully saturated rings. The van der Waals surface area contributed by atoms with Crippen molar-refractivity contribution in [3.63, 3.8) is 0 Å². The fraction of sp³-hybridized carbons (Fsp3) is 0.0769. The van der Waals surface area contributed by atoms with Gasteiger partial charge in [-0.3, -0.25) is 0 Å². The quantitative estimate of drug-likeness (QED) is 0.919. The Labute approximate surface area is 107 Å². The molecule has 2 N–H and O–H groups in total. The van der Waals surface area contributed by atoms with Crippen LogP contribution in [0.5, 0.6) is 0 Å². The molecule has 0 saturated heterocycles. The second-order valence-corrected chi connectivity index (χ2v) is 4.73. The van der Waals surface area contributed by atoms with Crippen LogP contribution in [0.1, 0.15) is 5.56 Å². The Hall–Kier alpha value is -1.46. The van der Waals surface area contributed by atoms with Crippen LogP contribution in [-0.4, -0.2) is 0 Å². The zero-order chi connectivity index (χ0) is 13.1. The van der Waals surface area contributed by atoms with Crippen molar-refractivity contribution in [1.82, 2.24) is 0 Å². The molecular weight excluding hydrogens is 259 g/mol. The first kappa shape index (κ1) is 13.0. The van der Waals surface area contributed by atoms with Crippen LogP contribution in [0.3, 0.4) is 0 Å². The molecule has 2 rings (SSSR count). The largest absolute Gasteiger partial charge is 0.326 e. The van der Waals surface area contributed by atoms with Crippen molar-refractivity contribution in [2.75, 3.05) is 0 Å². The lowest BCUT2D eigenvalue weighted by atomic mass is 10.2. The van der Waals surface area contributed by atoms with Gasteiger partial charge in [0.2, 0.25) is 0 Å². The van der Waals surface area contributed by atoms with Crippen molar-refractivity contribution in [2.24, 2.45) is 5.73 Å². The van der Waals surface area contributed by atoms with Gasteiger partial charge >= 0.3 is 0 Å². The van der Waals surface area contributed by atoms with Crippen LogP contribution in [0, 0.1) is 17.5 Å². The van der Waals surface area contributed by atoms with E-state index >= 15 is 0 Å². The highest BCUT2D eigenvalue weighted by Gasteiger charge is 2.09. The summed E-state index contributed by atoms with van der Waals surface area (Å²) in [6.45, 7) is 0.243. The molecular formula is C13H10F3NS. The van der Waals surface area contributed by atoms with Crippen LogP contribution in [-0.2, 0) is 6.54 Å². The highest BCUT2D eigenvalue weighted by molar-refractivity contribution is 7.99. The first-order chi connectivity index (χ1) is 8.60. The number of halogens is 3. The molecule has 2 aromatic rings. The summed E-state index contributed by atoms with van der Waals surface area (Å²) in [7, 11) is 0. The fourth-order valence-electron chi connectivity index (χ4n) is 1.43. The lowest BCUT2D eigenvalue weighted by Crippen LogP contribution is -1.97. The van der Waals surface area contributed by atoms with Crippen LogP contribution >= 0.6 is 11.8 Å². The first-order valence-electron chi connectivity index (χ1n) is 5.21. The number of rotatable bonds is 3. The minimum Gasteiger partial charge on any atom is -0.326 e. The molecule has 0 radical (unpaired) electrons. The molecule has 94 valence electrons. The van der Waals surface area contributed by atoms with E-state index in [1.807, 2.05) is 0 Å². The summed E-state index contributed by atoms with van der Waals surface area (Å²) >= 11 is 0.911. The third kappa shape index (κ3) is 2.86. The van der Waals surface area contributed by atoms with E-state index in [9.17, 15) is 13.2 Å². The summed E-state index contributed by atoms with van der Waals surface area (Å²) in [4.78, 5) is 0.452.